The van der Waals surface area contributed by atoms with Crippen LogP contribution in [0.5, 0.6) is 0 Å². The van der Waals surface area contributed by atoms with E-state index in [4.69, 9.17) is 0 Å². The number of rotatable bonds is 4. The van der Waals surface area contributed by atoms with Crippen LogP contribution in [0.1, 0.15) is 63.8 Å². The molecule has 2 atom stereocenters. The molecule has 0 saturated carbocycles. The van der Waals surface area contributed by atoms with Gasteiger partial charge < -0.3 is 24.8 Å². The monoisotopic (exact) mass is 658 g/mol. The summed E-state index contributed by atoms with van der Waals surface area (Å²) in [5.74, 6) is 5.67. The zero-order valence-electron chi connectivity index (χ0n) is 23.1. The fourth-order valence-corrected chi connectivity index (χ4v) is 4.21. The first kappa shape index (κ1) is 35.4. The number of hydrogen-bond acceptors (Lipinski definition) is 0. The van der Waals surface area contributed by atoms with Crippen molar-refractivity contribution in [1.29, 1.82) is 0 Å². The first-order valence-corrected chi connectivity index (χ1v) is 24.1. The summed E-state index contributed by atoms with van der Waals surface area (Å²) in [4.78, 5) is 0. The molecule has 2 unspecified atom stereocenters. The molecule has 4 heteroatoms. The Balaban J connectivity index is 0.000000566. The fourth-order valence-electron chi connectivity index (χ4n) is 4.21. The molecule has 4 rings (SSSR count). The molecule has 0 radical (unpaired) electrons. The van der Waals surface area contributed by atoms with E-state index >= 15 is 0 Å². The Kier molecular flexibility index (Phi) is 17.5. The van der Waals surface area contributed by atoms with E-state index in [0.29, 0.717) is 11.8 Å². The average molecular weight is 659 g/mol. The molecule has 0 bridgehead atoms. The van der Waals surface area contributed by atoms with E-state index in [1.54, 1.807) is 21.6 Å². The van der Waals surface area contributed by atoms with E-state index in [0.717, 1.165) is 12.8 Å². The van der Waals surface area contributed by atoms with E-state index in [9.17, 15) is 0 Å². The van der Waals surface area contributed by atoms with Crippen LogP contribution in [0.25, 0.3) is 11.1 Å². The molecule has 0 saturated heterocycles. The number of benzene rings is 2. The molecule has 0 amide bonds. The Morgan fingerprint density at radius 3 is 1.31 bits per heavy atom. The molecular formula is C32H40Cl2GeZr-2. The predicted octanol–water partition coefficient (Wildman–Crippen LogP) is 2.86. The van der Waals surface area contributed by atoms with Gasteiger partial charge in [0.1, 0.15) is 0 Å². The van der Waals surface area contributed by atoms with Crippen molar-refractivity contribution in [3.8, 4) is 0 Å². The second-order valence-corrected chi connectivity index (χ2v) is 26.4. The van der Waals surface area contributed by atoms with Crippen molar-refractivity contribution in [3.63, 3.8) is 0 Å². The van der Waals surface area contributed by atoms with Gasteiger partial charge in [0.25, 0.3) is 0 Å². The summed E-state index contributed by atoms with van der Waals surface area (Å²) in [7, 11) is -0.243. The zero-order valence-corrected chi connectivity index (χ0v) is 29.2. The van der Waals surface area contributed by atoms with Crippen LogP contribution in [0.2, 0.25) is 11.5 Å². The summed E-state index contributed by atoms with van der Waals surface area (Å²) in [6.07, 6.45) is 13.6. The second kappa shape index (κ2) is 17.8. The summed E-state index contributed by atoms with van der Waals surface area (Å²) >= 11 is 1.80. The van der Waals surface area contributed by atoms with Crippen molar-refractivity contribution in [2.24, 2.45) is 11.8 Å². The second-order valence-electron chi connectivity index (χ2n) is 9.38. The number of halogens is 2. The van der Waals surface area contributed by atoms with E-state index in [1.807, 2.05) is 0 Å². The predicted molar refractivity (Wildman–Crippen MR) is 148 cm³/mol. The van der Waals surface area contributed by atoms with Crippen LogP contribution in [0.15, 0.2) is 71.8 Å². The van der Waals surface area contributed by atoms with Gasteiger partial charge in [0.05, 0.1) is 0 Å². The molecule has 0 aromatic heterocycles. The maximum absolute atomic E-state index is 3.43. The van der Waals surface area contributed by atoms with Gasteiger partial charge in [-0.1, -0.05) is 102 Å². The third-order valence-corrected chi connectivity index (χ3v) is 5.82. The van der Waals surface area contributed by atoms with Crippen molar-refractivity contribution in [1.82, 2.24) is 0 Å². The molecule has 0 fully saturated rings. The van der Waals surface area contributed by atoms with Crippen molar-refractivity contribution in [2.45, 2.75) is 65.9 Å². The Morgan fingerprint density at radius 2 is 1.06 bits per heavy atom. The Bertz CT molecular complexity index is 1040. The van der Waals surface area contributed by atoms with Gasteiger partial charge in [0, 0.05) is 0 Å². The standard InChI is InChI=1S/2C15H17.C2H6Ge.2ClH.Zr/c2*1-4-13-6-5-7-14(10-13)15-9-11(2)8-12(15)3;1-3-2;;;/h2*5-7,9-11H,4H2,1-3H3;1-2H3;2*1H;/q2*-1;;;;+2/p-2. The van der Waals surface area contributed by atoms with Crippen LogP contribution in [0.3, 0.4) is 0 Å². The average Bonchev–Trinajstić information content (AvgIpc) is 3.33. The molecule has 0 aliphatic heterocycles. The van der Waals surface area contributed by atoms with Crippen LogP contribution in [0, 0.1) is 24.0 Å². The molecule has 0 N–H and O–H groups in total. The van der Waals surface area contributed by atoms with Crippen molar-refractivity contribution < 1.29 is 46.4 Å². The molecule has 0 nitrogen and oxygen atoms in total. The Hall–Kier alpha value is -0.594. The molecule has 0 spiro atoms. The summed E-state index contributed by atoms with van der Waals surface area (Å²) in [6, 6.07) is 17.6. The SMILES string of the molecule is CCc1cccc(C2=CC(C)[C-]=C2C)c1.CCc1cccc(C2=CC(C)[C-]=C2C)c1.[CH3][Ge]([CH3])=[Zr+2].[Cl-].[Cl-]. The third kappa shape index (κ3) is 11.4. The molecule has 192 valence electrons. The minimum atomic E-state index is -0.243. The zero-order chi connectivity index (χ0) is 25.3. The number of aryl methyl sites for hydroxylation is 2. The van der Waals surface area contributed by atoms with Crippen molar-refractivity contribution >= 4 is 21.1 Å². The maximum atomic E-state index is 3.43. The molecule has 0 heterocycles. The van der Waals surface area contributed by atoms with E-state index in [1.165, 1.54) is 44.5 Å². The van der Waals surface area contributed by atoms with Gasteiger partial charge in [-0.2, -0.15) is 23.3 Å². The van der Waals surface area contributed by atoms with Crippen LogP contribution < -0.4 is 24.8 Å². The van der Waals surface area contributed by atoms with Crippen LogP contribution in [0.4, 0.5) is 0 Å². The van der Waals surface area contributed by atoms with Gasteiger partial charge in [-0.3, -0.25) is 12.2 Å². The smallest absolute Gasteiger partial charge is 1.00 e. The van der Waals surface area contributed by atoms with Gasteiger partial charge >= 0.3 is 43.1 Å². The summed E-state index contributed by atoms with van der Waals surface area (Å²) in [6.45, 7) is 13.0. The van der Waals surface area contributed by atoms with E-state index in [-0.39, 0.29) is 34.8 Å². The molecule has 2 aliphatic rings. The summed E-state index contributed by atoms with van der Waals surface area (Å²) < 4.78 is 0. The quantitative estimate of drug-likeness (QED) is 0.350. The van der Waals surface area contributed by atoms with Crippen LogP contribution in [-0.2, 0) is 34.4 Å². The molecule has 36 heavy (non-hydrogen) atoms. The number of hydrogen-bond donors (Lipinski definition) is 0. The van der Waals surface area contributed by atoms with Crippen LogP contribution >= 0.6 is 0 Å². The molecular weight excluding hydrogens is 619 g/mol. The molecule has 2 aromatic rings. The largest absolute Gasteiger partial charge is 1.00 e. The maximum Gasteiger partial charge on any atom is -1.00 e. The molecule has 2 aliphatic carbocycles. The first-order valence-electron chi connectivity index (χ1n) is 12.5. The Morgan fingerprint density at radius 1 is 0.722 bits per heavy atom. The third-order valence-electron chi connectivity index (χ3n) is 5.82. The van der Waals surface area contributed by atoms with Gasteiger partial charge in [-0.15, -0.1) is 11.1 Å². The van der Waals surface area contributed by atoms with Gasteiger partial charge in [-0.25, -0.2) is 11.1 Å². The first-order chi connectivity index (χ1) is 16.1. The Labute approximate surface area is 249 Å². The number of allylic oxidation sites excluding steroid dienone is 8. The van der Waals surface area contributed by atoms with Gasteiger partial charge in [0.2, 0.25) is 0 Å². The van der Waals surface area contributed by atoms with Crippen molar-refractivity contribution in [3.05, 3.63) is 106 Å². The normalized spacial score (nSPS) is 17.5. The minimum Gasteiger partial charge on any atom is -1.00 e. The van der Waals surface area contributed by atoms with Gasteiger partial charge in [0.15, 0.2) is 0 Å². The topological polar surface area (TPSA) is 0 Å². The van der Waals surface area contributed by atoms with Crippen LogP contribution in [-0.4, -0.2) is 9.98 Å². The van der Waals surface area contributed by atoms with Crippen molar-refractivity contribution in [2.75, 3.05) is 0 Å². The summed E-state index contributed by atoms with van der Waals surface area (Å²) in [5.41, 5.74) is 10.8. The molecule has 2 aromatic carbocycles. The summed E-state index contributed by atoms with van der Waals surface area (Å²) in [5, 5.41) is 0. The minimum absolute atomic E-state index is 0. The van der Waals surface area contributed by atoms with Gasteiger partial charge in [-0.05, 0) is 24.0 Å². The van der Waals surface area contributed by atoms with E-state index in [2.05, 4.69) is 126 Å². The van der Waals surface area contributed by atoms with E-state index < -0.39 is 0 Å². The fraction of sp³-hybridized carbons (Fsp3) is 0.375.